The highest BCUT2D eigenvalue weighted by molar-refractivity contribution is 7.81. The summed E-state index contributed by atoms with van der Waals surface area (Å²) in [5.74, 6) is -1.06. The first-order valence-electron chi connectivity index (χ1n) is 5.44. The Morgan fingerprint density at radius 1 is 1.47 bits per heavy atom. The van der Waals surface area contributed by atoms with Gasteiger partial charge in [-0.1, -0.05) is 36.4 Å². The van der Waals surface area contributed by atoms with Gasteiger partial charge in [-0.2, -0.15) is 12.6 Å². The molecule has 1 aromatic carbocycles. The minimum Gasteiger partial charge on any atom is -0.480 e. The highest BCUT2D eigenvalue weighted by Crippen LogP contribution is 2.23. The zero-order chi connectivity index (χ0) is 12.7. The monoisotopic (exact) mass is 251 g/mol. The lowest BCUT2D eigenvalue weighted by atomic mass is 9.95. The van der Waals surface area contributed by atoms with E-state index in [9.17, 15) is 4.79 Å². The smallest absolute Gasteiger partial charge is 0.317 e. The molecule has 4 heteroatoms. The molecule has 0 aliphatic carbocycles. The Morgan fingerprint density at radius 2 is 2.12 bits per heavy atom. The zero-order valence-corrected chi connectivity index (χ0v) is 10.4. The first-order chi connectivity index (χ1) is 8.16. The molecule has 0 bridgehead atoms. The number of hydrogen-bond donors (Lipinski definition) is 3. The number of carbonyl (C=O) groups is 1. The van der Waals surface area contributed by atoms with Crippen molar-refractivity contribution in [2.45, 2.75) is 11.2 Å². The molecule has 2 N–H and O–H groups in total. The van der Waals surface area contributed by atoms with Gasteiger partial charge in [-0.05, 0) is 5.56 Å². The third-order valence-electron chi connectivity index (χ3n) is 2.51. The van der Waals surface area contributed by atoms with Crippen LogP contribution in [-0.4, -0.2) is 29.4 Å². The van der Waals surface area contributed by atoms with E-state index in [1.165, 1.54) is 0 Å². The first-order valence-corrected chi connectivity index (χ1v) is 5.96. The third kappa shape index (κ3) is 4.24. The van der Waals surface area contributed by atoms with Crippen LogP contribution in [0.2, 0.25) is 0 Å². The summed E-state index contributed by atoms with van der Waals surface area (Å²) in [6.07, 6.45) is 1.75. The molecule has 0 heterocycles. The van der Waals surface area contributed by atoms with Gasteiger partial charge in [-0.3, -0.25) is 4.79 Å². The molecule has 0 saturated carbocycles. The highest BCUT2D eigenvalue weighted by atomic mass is 32.1. The van der Waals surface area contributed by atoms with Crippen LogP contribution in [0.25, 0.3) is 0 Å². The van der Waals surface area contributed by atoms with E-state index in [1.807, 2.05) is 30.3 Å². The van der Waals surface area contributed by atoms with Crippen LogP contribution >= 0.6 is 12.6 Å². The van der Waals surface area contributed by atoms with E-state index in [0.717, 1.165) is 5.56 Å². The third-order valence-corrected chi connectivity index (χ3v) is 3.10. The van der Waals surface area contributed by atoms with Gasteiger partial charge in [0.2, 0.25) is 0 Å². The van der Waals surface area contributed by atoms with Crippen LogP contribution in [0.5, 0.6) is 0 Å². The molecule has 0 fully saturated rings. The molecule has 2 atom stereocenters. The standard InChI is InChI=1S/C13H17NO2S/c1-2-8-14-9-11(12(17)13(15)16)10-6-4-3-5-7-10/h2-7,11-12,14,17H,1,8-9H2,(H,15,16). The number of rotatable bonds is 7. The molecule has 0 saturated heterocycles. The van der Waals surface area contributed by atoms with Crippen LogP contribution in [0.15, 0.2) is 43.0 Å². The number of thiol groups is 1. The average molecular weight is 251 g/mol. The van der Waals surface area contributed by atoms with Gasteiger partial charge in [0.15, 0.2) is 0 Å². The van der Waals surface area contributed by atoms with E-state index in [4.69, 9.17) is 5.11 Å². The fourth-order valence-corrected chi connectivity index (χ4v) is 1.90. The lowest BCUT2D eigenvalue weighted by Gasteiger charge is -2.21. The van der Waals surface area contributed by atoms with Crippen molar-refractivity contribution >= 4 is 18.6 Å². The Balaban J connectivity index is 2.78. The van der Waals surface area contributed by atoms with E-state index in [2.05, 4.69) is 24.5 Å². The number of benzene rings is 1. The SMILES string of the molecule is C=CCNCC(c1ccccc1)C(S)C(=O)O. The van der Waals surface area contributed by atoms with E-state index in [0.29, 0.717) is 13.1 Å². The van der Waals surface area contributed by atoms with Crippen LogP contribution < -0.4 is 5.32 Å². The molecule has 17 heavy (non-hydrogen) atoms. The topological polar surface area (TPSA) is 49.3 Å². The van der Waals surface area contributed by atoms with Crippen LogP contribution in [0.1, 0.15) is 11.5 Å². The predicted octanol–water partition coefficient (Wildman–Crippen LogP) is 1.93. The summed E-state index contributed by atoms with van der Waals surface area (Å²) in [7, 11) is 0. The van der Waals surface area contributed by atoms with Crippen molar-refractivity contribution in [3.05, 3.63) is 48.6 Å². The minimum atomic E-state index is -0.900. The van der Waals surface area contributed by atoms with Gasteiger partial charge < -0.3 is 10.4 Å². The van der Waals surface area contributed by atoms with Gasteiger partial charge >= 0.3 is 5.97 Å². The minimum absolute atomic E-state index is 0.156. The molecule has 0 spiro atoms. The summed E-state index contributed by atoms with van der Waals surface area (Å²) in [5.41, 5.74) is 0.978. The van der Waals surface area contributed by atoms with Gasteiger partial charge in [-0.15, -0.1) is 6.58 Å². The van der Waals surface area contributed by atoms with E-state index in [1.54, 1.807) is 6.08 Å². The Kier molecular flexibility index (Phi) is 5.80. The van der Waals surface area contributed by atoms with E-state index in [-0.39, 0.29) is 5.92 Å². The molecule has 0 aromatic heterocycles. The Labute approximate surface area is 107 Å². The Bertz CT molecular complexity index is 367. The summed E-state index contributed by atoms with van der Waals surface area (Å²) >= 11 is 4.17. The van der Waals surface area contributed by atoms with Crippen molar-refractivity contribution in [2.75, 3.05) is 13.1 Å². The summed E-state index contributed by atoms with van der Waals surface area (Å²) in [5, 5.41) is 11.5. The van der Waals surface area contributed by atoms with Gasteiger partial charge in [0.25, 0.3) is 0 Å². The molecule has 0 amide bonds. The zero-order valence-electron chi connectivity index (χ0n) is 9.54. The first kappa shape index (κ1) is 13.8. The van der Waals surface area contributed by atoms with Crippen molar-refractivity contribution in [3.8, 4) is 0 Å². The maximum absolute atomic E-state index is 11.0. The molecular formula is C13H17NO2S. The number of aliphatic carboxylic acids is 1. The number of hydrogen-bond acceptors (Lipinski definition) is 3. The van der Waals surface area contributed by atoms with Crippen molar-refractivity contribution in [1.29, 1.82) is 0 Å². The lowest BCUT2D eigenvalue weighted by Crippen LogP contribution is -2.31. The second kappa shape index (κ2) is 7.14. The molecule has 0 aliphatic heterocycles. The number of carboxylic acid groups (broad SMARTS) is 1. The molecule has 1 rings (SSSR count). The van der Waals surface area contributed by atoms with Crippen LogP contribution in [0.4, 0.5) is 0 Å². The van der Waals surface area contributed by atoms with Crippen molar-refractivity contribution in [3.63, 3.8) is 0 Å². The maximum atomic E-state index is 11.0. The van der Waals surface area contributed by atoms with Crippen LogP contribution in [0, 0.1) is 0 Å². The Morgan fingerprint density at radius 3 is 2.65 bits per heavy atom. The second-order valence-corrected chi connectivity index (χ2v) is 4.30. The fraction of sp³-hybridized carbons (Fsp3) is 0.308. The predicted molar refractivity (Wildman–Crippen MR) is 72.7 cm³/mol. The number of carboxylic acids is 1. The van der Waals surface area contributed by atoms with Crippen LogP contribution in [-0.2, 0) is 4.79 Å². The summed E-state index contributed by atoms with van der Waals surface area (Å²) < 4.78 is 0. The highest BCUT2D eigenvalue weighted by Gasteiger charge is 2.25. The van der Waals surface area contributed by atoms with Crippen molar-refractivity contribution in [1.82, 2.24) is 5.32 Å². The van der Waals surface area contributed by atoms with Crippen LogP contribution in [0.3, 0.4) is 0 Å². The molecule has 2 unspecified atom stereocenters. The number of nitrogens with one attached hydrogen (secondary N) is 1. The molecule has 3 nitrogen and oxygen atoms in total. The van der Waals surface area contributed by atoms with Gasteiger partial charge in [-0.25, -0.2) is 0 Å². The van der Waals surface area contributed by atoms with Gasteiger partial charge in [0.1, 0.15) is 5.25 Å². The summed E-state index contributed by atoms with van der Waals surface area (Å²) in [6.45, 7) is 4.83. The largest absolute Gasteiger partial charge is 0.480 e. The molecule has 0 radical (unpaired) electrons. The normalized spacial score (nSPS) is 13.9. The fourth-order valence-electron chi connectivity index (χ4n) is 1.63. The second-order valence-electron chi connectivity index (χ2n) is 3.75. The average Bonchev–Trinajstić information content (AvgIpc) is 2.35. The molecule has 1 aromatic rings. The molecule has 92 valence electrons. The van der Waals surface area contributed by atoms with E-state index >= 15 is 0 Å². The van der Waals surface area contributed by atoms with Gasteiger partial charge in [0.05, 0.1) is 0 Å². The van der Waals surface area contributed by atoms with Crippen molar-refractivity contribution < 1.29 is 9.90 Å². The quantitative estimate of drug-likeness (QED) is 0.394. The van der Waals surface area contributed by atoms with Gasteiger partial charge in [0, 0.05) is 19.0 Å². The summed E-state index contributed by atoms with van der Waals surface area (Å²) in [6, 6.07) is 9.56. The summed E-state index contributed by atoms with van der Waals surface area (Å²) in [4.78, 5) is 11.0. The Hall–Kier alpha value is -1.26. The molecule has 0 aliphatic rings. The molecular weight excluding hydrogens is 234 g/mol. The lowest BCUT2D eigenvalue weighted by molar-refractivity contribution is -0.136. The maximum Gasteiger partial charge on any atom is 0.317 e. The van der Waals surface area contributed by atoms with E-state index < -0.39 is 11.2 Å². The van der Waals surface area contributed by atoms with Crippen molar-refractivity contribution in [2.24, 2.45) is 0 Å².